The minimum Gasteiger partial charge on any atom is -0.464 e. The van der Waals surface area contributed by atoms with Gasteiger partial charge in [0.25, 0.3) is 5.56 Å². The number of esters is 1. The predicted octanol–water partition coefficient (Wildman–Crippen LogP) is 6.50. The lowest BCUT2D eigenvalue weighted by Crippen LogP contribution is -2.20. The van der Waals surface area contributed by atoms with Crippen LogP contribution in [0.15, 0.2) is 70.2 Å². The van der Waals surface area contributed by atoms with Gasteiger partial charge in [-0.05, 0) is 69.5 Å². The third-order valence-electron chi connectivity index (χ3n) is 6.34. The number of methoxy groups -OCH3 is 1. The molecule has 0 amide bonds. The van der Waals surface area contributed by atoms with E-state index in [0.717, 1.165) is 33.7 Å². The Labute approximate surface area is 198 Å². The Morgan fingerprint density at radius 2 is 1.91 bits per heavy atom. The standard InChI is InChI=1S/C27H21NO3S2/c1-31-27(30)24-25(19-11-12-32-15-19)33-26-23(17-9-10-17)20(14-22(29)28(24)26)13-18-7-4-6-16-5-2-3-8-21(16)18/h2-8,11-12,14-15,17H,9-10,13H2,1H3. The molecule has 0 bridgehead atoms. The van der Waals surface area contributed by atoms with Crippen LogP contribution in [0.1, 0.15) is 45.9 Å². The zero-order valence-electron chi connectivity index (χ0n) is 18.0. The van der Waals surface area contributed by atoms with Crippen molar-refractivity contribution in [1.82, 2.24) is 4.40 Å². The summed E-state index contributed by atoms with van der Waals surface area (Å²) in [6.45, 7) is 0. The first-order valence-electron chi connectivity index (χ1n) is 10.9. The summed E-state index contributed by atoms with van der Waals surface area (Å²) in [7, 11) is 1.37. The van der Waals surface area contributed by atoms with Crippen molar-refractivity contribution in [3.05, 3.63) is 98.1 Å². The molecule has 0 aliphatic heterocycles. The molecular formula is C27H21NO3S2. The molecule has 1 fully saturated rings. The third kappa shape index (κ3) is 3.41. The summed E-state index contributed by atoms with van der Waals surface area (Å²) in [6, 6.07) is 18.4. The van der Waals surface area contributed by atoms with Crippen LogP contribution in [-0.4, -0.2) is 17.5 Å². The fourth-order valence-electron chi connectivity index (χ4n) is 4.69. The smallest absolute Gasteiger partial charge is 0.356 e. The SMILES string of the molecule is COC(=O)c1c(-c2ccsc2)sc2c(C3CC3)c(Cc3cccc4ccccc34)cc(=O)n12. The van der Waals surface area contributed by atoms with Gasteiger partial charge in [-0.25, -0.2) is 4.79 Å². The summed E-state index contributed by atoms with van der Waals surface area (Å²) in [5.41, 5.74) is 4.59. The molecule has 0 saturated heterocycles. The molecule has 1 saturated carbocycles. The monoisotopic (exact) mass is 471 g/mol. The van der Waals surface area contributed by atoms with Gasteiger partial charge >= 0.3 is 5.97 Å². The number of ether oxygens (including phenoxy) is 1. The minimum atomic E-state index is -0.479. The molecule has 0 spiro atoms. The highest BCUT2D eigenvalue weighted by molar-refractivity contribution is 7.21. The van der Waals surface area contributed by atoms with E-state index in [1.165, 1.54) is 40.3 Å². The van der Waals surface area contributed by atoms with Crippen LogP contribution in [0.25, 0.3) is 26.0 Å². The highest BCUT2D eigenvalue weighted by Gasteiger charge is 2.33. The maximum Gasteiger partial charge on any atom is 0.356 e. The number of hydrogen-bond acceptors (Lipinski definition) is 5. The van der Waals surface area contributed by atoms with Gasteiger partial charge in [0.2, 0.25) is 0 Å². The number of pyridine rings is 1. The highest BCUT2D eigenvalue weighted by atomic mass is 32.1. The summed E-state index contributed by atoms with van der Waals surface area (Å²) in [4.78, 5) is 27.9. The van der Waals surface area contributed by atoms with E-state index < -0.39 is 5.97 Å². The molecule has 2 aromatic carbocycles. The predicted molar refractivity (Wildman–Crippen MR) is 135 cm³/mol. The minimum absolute atomic E-state index is 0.178. The first-order chi connectivity index (χ1) is 16.2. The Kier molecular flexibility index (Phi) is 4.93. The van der Waals surface area contributed by atoms with E-state index in [4.69, 9.17) is 4.74 Å². The molecule has 6 heteroatoms. The molecule has 4 nitrogen and oxygen atoms in total. The van der Waals surface area contributed by atoms with Crippen molar-refractivity contribution in [2.75, 3.05) is 7.11 Å². The summed E-state index contributed by atoms with van der Waals surface area (Å²) in [5, 5.41) is 6.40. The number of hydrogen-bond donors (Lipinski definition) is 0. The van der Waals surface area contributed by atoms with Crippen LogP contribution >= 0.6 is 22.7 Å². The van der Waals surface area contributed by atoms with Crippen molar-refractivity contribution < 1.29 is 9.53 Å². The number of thiophene rings is 1. The molecule has 3 heterocycles. The zero-order chi connectivity index (χ0) is 22.5. The van der Waals surface area contributed by atoms with Crippen molar-refractivity contribution in [2.24, 2.45) is 0 Å². The van der Waals surface area contributed by atoms with Gasteiger partial charge in [0.1, 0.15) is 4.83 Å². The molecule has 3 aromatic heterocycles. The first-order valence-corrected chi connectivity index (χ1v) is 12.7. The molecular weight excluding hydrogens is 450 g/mol. The third-order valence-corrected chi connectivity index (χ3v) is 8.26. The quantitative estimate of drug-likeness (QED) is 0.275. The summed E-state index contributed by atoms with van der Waals surface area (Å²) in [5.74, 6) is -0.0573. The number of fused-ring (bicyclic) bond motifs is 2. The Hall–Kier alpha value is -3.22. The normalized spacial score (nSPS) is 13.6. The van der Waals surface area contributed by atoms with Crippen molar-refractivity contribution >= 4 is 44.2 Å². The van der Waals surface area contributed by atoms with Crippen LogP contribution < -0.4 is 5.56 Å². The Morgan fingerprint density at radius 1 is 1.09 bits per heavy atom. The Balaban J connectivity index is 1.61. The van der Waals surface area contributed by atoms with Crippen LogP contribution in [0.4, 0.5) is 0 Å². The molecule has 1 aliphatic carbocycles. The molecule has 5 aromatic rings. The van der Waals surface area contributed by atoms with E-state index in [1.54, 1.807) is 21.8 Å². The molecule has 0 atom stereocenters. The summed E-state index contributed by atoms with van der Waals surface area (Å²) >= 11 is 3.10. The van der Waals surface area contributed by atoms with Crippen molar-refractivity contribution in [2.45, 2.75) is 25.2 Å². The van der Waals surface area contributed by atoms with Crippen molar-refractivity contribution in [1.29, 1.82) is 0 Å². The second-order valence-electron chi connectivity index (χ2n) is 8.43. The van der Waals surface area contributed by atoms with Gasteiger partial charge in [-0.1, -0.05) is 42.5 Å². The maximum absolute atomic E-state index is 13.4. The van der Waals surface area contributed by atoms with E-state index in [2.05, 4.69) is 36.4 Å². The first kappa shape index (κ1) is 20.4. The van der Waals surface area contributed by atoms with Crippen LogP contribution in [0.2, 0.25) is 0 Å². The zero-order valence-corrected chi connectivity index (χ0v) is 19.7. The average molecular weight is 472 g/mol. The fourth-order valence-corrected chi connectivity index (χ4v) is 6.80. The summed E-state index contributed by atoms with van der Waals surface area (Å²) in [6.07, 6.45) is 2.91. The van der Waals surface area contributed by atoms with E-state index >= 15 is 0 Å². The van der Waals surface area contributed by atoms with Gasteiger partial charge in [-0.2, -0.15) is 11.3 Å². The highest BCUT2D eigenvalue weighted by Crippen LogP contribution is 2.47. The Morgan fingerprint density at radius 3 is 2.67 bits per heavy atom. The number of benzene rings is 2. The van der Waals surface area contributed by atoms with Crippen LogP contribution in [0.5, 0.6) is 0 Å². The summed E-state index contributed by atoms with van der Waals surface area (Å²) < 4.78 is 6.68. The molecule has 0 unspecified atom stereocenters. The van der Waals surface area contributed by atoms with E-state index in [1.807, 2.05) is 22.9 Å². The molecule has 33 heavy (non-hydrogen) atoms. The van der Waals surface area contributed by atoms with Crippen LogP contribution in [-0.2, 0) is 11.2 Å². The number of carbonyl (C=O) groups is 1. The van der Waals surface area contributed by atoms with Gasteiger partial charge in [0.15, 0.2) is 5.69 Å². The van der Waals surface area contributed by atoms with E-state index in [9.17, 15) is 9.59 Å². The number of thiazole rings is 1. The Bertz CT molecular complexity index is 1570. The number of aromatic nitrogens is 1. The van der Waals surface area contributed by atoms with Crippen LogP contribution in [0, 0.1) is 0 Å². The lowest BCUT2D eigenvalue weighted by molar-refractivity contribution is 0.0593. The molecule has 1 aliphatic rings. The van der Waals surface area contributed by atoms with Crippen molar-refractivity contribution in [3.8, 4) is 10.4 Å². The van der Waals surface area contributed by atoms with E-state index in [-0.39, 0.29) is 5.56 Å². The largest absolute Gasteiger partial charge is 0.464 e. The average Bonchev–Trinajstić information content (AvgIpc) is 3.35. The van der Waals surface area contributed by atoms with Crippen molar-refractivity contribution in [3.63, 3.8) is 0 Å². The molecule has 164 valence electrons. The number of rotatable bonds is 5. The van der Waals surface area contributed by atoms with Gasteiger partial charge < -0.3 is 4.74 Å². The topological polar surface area (TPSA) is 47.8 Å². The van der Waals surface area contributed by atoms with Crippen LogP contribution in [0.3, 0.4) is 0 Å². The van der Waals surface area contributed by atoms with E-state index in [0.29, 0.717) is 18.0 Å². The van der Waals surface area contributed by atoms with Gasteiger partial charge in [-0.3, -0.25) is 9.20 Å². The molecule has 6 rings (SSSR count). The maximum atomic E-state index is 13.4. The molecule has 0 radical (unpaired) electrons. The van der Waals surface area contributed by atoms with Gasteiger partial charge in [0, 0.05) is 11.6 Å². The lowest BCUT2D eigenvalue weighted by Gasteiger charge is -2.13. The second-order valence-corrected chi connectivity index (χ2v) is 10.2. The fraction of sp³-hybridized carbons (Fsp3) is 0.185. The second kappa shape index (κ2) is 7.97. The lowest BCUT2D eigenvalue weighted by atomic mass is 9.95. The molecule has 0 N–H and O–H groups in total. The number of carbonyl (C=O) groups excluding carboxylic acids is 1. The van der Waals surface area contributed by atoms with Gasteiger partial charge in [-0.15, -0.1) is 11.3 Å². The number of nitrogens with zero attached hydrogens (tertiary/aromatic N) is 1. The van der Waals surface area contributed by atoms with Gasteiger partial charge in [0.05, 0.1) is 12.0 Å².